The Morgan fingerprint density at radius 2 is 1.54 bits per heavy atom. The Kier molecular flexibility index (Phi) is 4.73. The van der Waals surface area contributed by atoms with E-state index in [2.05, 4.69) is 5.32 Å². The minimum absolute atomic E-state index is 0.0812. The summed E-state index contributed by atoms with van der Waals surface area (Å²) in [6.07, 6.45) is 3.05. The Balaban J connectivity index is 1.66. The van der Waals surface area contributed by atoms with Crippen LogP contribution in [0, 0.1) is 0 Å². The fraction of sp³-hybridized carbons (Fsp3) is 0. The summed E-state index contributed by atoms with van der Waals surface area (Å²) in [6.45, 7) is 0. The van der Waals surface area contributed by atoms with E-state index in [1.165, 1.54) is 6.08 Å². The number of phenolic OH excluding ortho intramolecular Hbond substituents is 1. The molecule has 0 unspecified atom stereocenters. The van der Waals surface area contributed by atoms with E-state index in [0.29, 0.717) is 5.56 Å². The third kappa shape index (κ3) is 3.90. The van der Waals surface area contributed by atoms with Crippen LogP contribution in [-0.4, -0.2) is 10.9 Å². The number of hydrogen-bond donors (Lipinski definition) is 2. The fourth-order valence-corrected chi connectivity index (χ4v) is 2.36. The number of allylic oxidation sites excluding steroid dienone is 1. The molecule has 0 saturated carbocycles. The van der Waals surface area contributed by atoms with Crippen LogP contribution in [0.2, 0.25) is 0 Å². The van der Waals surface area contributed by atoms with Crippen LogP contribution in [0.4, 0.5) is 5.69 Å². The molecule has 0 fully saturated rings. The predicted molar refractivity (Wildman–Crippen MR) is 97.1 cm³/mol. The van der Waals surface area contributed by atoms with Gasteiger partial charge in [-0.3, -0.25) is 4.79 Å². The van der Waals surface area contributed by atoms with E-state index in [1.54, 1.807) is 24.4 Å². The van der Waals surface area contributed by atoms with Crippen molar-refractivity contribution in [3.8, 4) is 16.9 Å². The van der Waals surface area contributed by atoms with Crippen molar-refractivity contribution in [1.82, 2.24) is 0 Å². The average molecular weight is 315 g/mol. The summed E-state index contributed by atoms with van der Waals surface area (Å²) in [5, 5.41) is 12.4. The van der Waals surface area contributed by atoms with Gasteiger partial charge in [-0.15, -0.1) is 0 Å². The lowest BCUT2D eigenvalue weighted by atomic mass is 10.0. The molecule has 3 heteroatoms. The van der Waals surface area contributed by atoms with Gasteiger partial charge < -0.3 is 10.4 Å². The third-order valence-electron chi connectivity index (χ3n) is 3.61. The first-order chi connectivity index (χ1) is 11.7. The van der Waals surface area contributed by atoms with Gasteiger partial charge in [0.15, 0.2) is 5.78 Å². The highest BCUT2D eigenvalue weighted by molar-refractivity contribution is 6.04. The molecule has 118 valence electrons. The summed E-state index contributed by atoms with van der Waals surface area (Å²) in [6, 6.07) is 24.3. The number of carbonyl (C=O) groups excluding carboxylic acids is 1. The Hall–Kier alpha value is -3.33. The van der Waals surface area contributed by atoms with Crippen LogP contribution in [0.1, 0.15) is 10.4 Å². The van der Waals surface area contributed by atoms with E-state index >= 15 is 0 Å². The molecule has 0 heterocycles. The standard InChI is InChI=1S/C21H17NO2/c23-20-8-4-7-19(15-20)22-14-13-21(24)18-11-9-17(10-12-18)16-5-2-1-3-6-16/h1-15,22-23H. The Bertz CT molecular complexity index is 853. The molecule has 3 rings (SSSR count). The van der Waals surface area contributed by atoms with Gasteiger partial charge in [-0.25, -0.2) is 0 Å². The van der Waals surface area contributed by atoms with Gasteiger partial charge in [0.1, 0.15) is 5.75 Å². The number of benzene rings is 3. The lowest BCUT2D eigenvalue weighted by molar-refractivity contribution is 0.104. The largest absolute Gasteiger partial charge is 0.508 e. The third-order valence-corrected chi connectivity index (χ3v) is 3.61. The summed E-state index contributed by atoms with van der Waals surface area (Å²) in [5.41, 5.74) is 3.55. The van der Waals surface area contributed by atoms with Crippen molar-refractivity contribution in [1.29, 1.82) is 0 Å². The maximum absolute atomic E-state index is 12.2. The molecule has 3 nitrogen and oxygen atoms in total. The van der Waals surface area contributed by atoms with Crippen LogP contribution in [0.25, 0.3) is 11.1 Å². The maximum atomic E-state index is 12.2. The fourth-order valence-electron chi connectivity index (χ4n) is 2.36. The molecule has 0 spiro atoms. The average Bonchev–Trinajstić information content (AvgIpc) is 2.63. The molecule has 2 N–H and O–H groups in total. The van der Waals surface area contributed by atoms with E-state index in [4.69, 9.17) is 0 Å². The summed E-state index contributed by atoms with van der Waals surface area (Å²) in [7, 11) is 0. The summed E-state index contributed by atoms with van der Waals surface area (Å²) in [4.78, 5) is 12.2. The zero-order valence-electron chi connectivity index (χ0n) is 13.0. The molecule has 0 saturated heterocycles. The number of hydrogen-bond acceptors (Lipinski definition) is 3. The smallest absolute Gasteiger partial charge is 0.187 e. The van der Waals surface area contributed by atoms with Crippen molar-refractivity contribution in [3.63, 3.8) is 0 Å². The van der Waals surface area contributed by atoms with Crippen LogP contribution in [0.5, 0.6) is 5.75 Å². The molecule has 0 atom stereocenters. The van der Waals surface area contributed by atoms with Gasteiger partial charge in [-0.2, -0.15) is 0 Å². The lowest BCUT2D eigenvalue weighted by Crippen LogP contribution is -1.96. The number of phenols is 1. The van der Waals surface area contributed by atoms with Crippen LogP contribution in [0.3, 0.4) is 0 Å². The van der Waals surface area contributed by atoms with E-state index in [9.17, 15) is 9.90 Å². The monoisotopic (exact) mass is 315 g/mol. The van der Waals surface area contributed by atoms with Gasteiger partial charge in [0.05, 0.1) is 0 Å². The molecule has 0 aliphatic heterocycles. The molecular formula is C21H17NO2. The van der Waals surface area contributed by atoms with Crippen molar-refractivity contribution in [2.24, 2.45) is 0 Å². The van der Waals surface area contributed by atoms with Crippen molar-refractivity contribution in [2.45, 2.75) is 0 Å². The zero-order chi connectivity index (χ0) is 16.8. The van der Waals surface area contributed by atoms with Crippen LogP contribution >= 0.6 is 0 Å². The van der Waals surface area contributed by atoms with Crippen LogP contribution in [-0.2, 0) is 0 Å². The zero-order valence-corrected chi connectivity index (χ0v) is 13.0. The first-order valence-electron chi connectivity index (χ1n) is 7.64. The second-order valence-electron chi connectivity index (χ2n) is 5.34. The molecule has 0 amide bonds. The van der Waals surface area contributed by atoms with Crippen molar-refractivity contribution in [3.05, 3.63) is 96.7 Å². The van der Waals surface area contributed by atoms with Gasteiger partial charge >= 0.3 is 0 Å². The predicted octanol–water partition coefficient (Wildman–Crippen LogP) is 4.87. The topological polar surface area (TPSA) is 49.3 Å². The highest BCUT2D eigenvalue weighted by atomic mass is 16.3. The van der Waals surface area contributed by atoms with Gasteiger partial charge in [-0.05, 0) is 23.3 Å². The Morgan fingerprint density at radius 1 is 0.833 bits per heavy atom. The van der Waals surface area contributed by atoms with E-state index in [-0.39, 0.29) is 11.5 Å². The molecule has 0 radical (unpaired) electrons. The second-order valence-corrected chi connectivity index (χ2v) is 5.34. The van der Waals surface area contributed by atoms with Crippen molar-refractivity contribution < 1.29 is 9.90 Å². The molecular weight excluding hydrogens is 298 g/mol. The van der Waals surface area contributed by atoms with E-state index in [1.807, 2.05) is 60.7 Å². The van der Waals surface area contributed by atoms with Crippen molar-refractivity contribution >= 4 is 11.5 Å². The molecule has 24 heavy (non-hydrogen) atoms. The summed E-state index contributed by atoms with van der Waals surface area (Å²) in [5.74, 6) is 0.0958. The Morgan fingerprint density at radius 3 is 2.25 bits per heavy atom. The molecule has 0 aromatic heterocycles. The van der Waals surface area contributed by atoms with Gasteiger partial charge in [0, 0.05) is 29.6 Å². The minimum Gasteiger partial charge on any atom is -0.508 e. The normalized spacial score (nSPS) is 10.7. The summed E-state index contributed by atoms with van der Waals surface area (Å²) >= 11 is 0. The van der Waals surface area contributed by atoms with Gasteiger partial charge in [0.2, 0.25) is 0 Å². The number of carbonyl (C=O) groups is 1. The first kappa shape index (κ1) is 15.6. The summed E-state index contributed by atoms with van der Waals surface area (Å²) < 4.78 is 0. The number of nitrogens with one attached hydrogen (secondary N) is 1. The second kappa shape index (κ2) is 7.29. The molecule has 0 aliphatic carbocycles. The number of anilines is 1. The number of rotatable bonds is 5. The minimum atomic E-state index is -0.0812. The maximum Gasteiger partial charge on any atom is 0.187 e. The van der Waals surface area contributed by atoms with E-state index < -0.39 is 0 Å². The van der Waals surface area contributed by atoms with Crippen LogP contribution in [0.15, 0.2) is 91.1 Å². The highest BCUT2D eigenvalue weighted by Gasteiger charge is 2.02. The number of aromatic hydroxyl groups is 1. The lowest BCUT2D eigenvalue weighted by Gasteiger charge is -2.03. The van der Waals surface area contributed by atoms with Crippen LogP contribution < -0.4 is 5.32 Å². The van der Waals surface area contributed by atoms with E-state index in [0.717, 1.165) is 16.8 Å². The Labute approximate surface area is 140 Å². The molecule has 0 bridgehead atoms. The molecule has 3 aromatic carbocycles. The molecule has 3 aromatic rings. The number of ketones is 1. The van der Waals surface area contributed by atoms with Gasteiger partial charge in [-0.1, -0.05) is 60.7 Å². The first-order valence-corrected chi connectivity index (χ1v) is 7.64. The highest BCUT2D eigenvalue weighted by Crippen LogP contribution is 2.19. The SMILES string of the molecule is O=C(C=CNc1cccc(O)c1)c1ccc(-c2ccccc2)cc1. The molecule has 0 aliphatic rings. The quantitative estimate of drug-likeness (QED) is 0.522. The van der Waals surface area contributed by atoms with Gasteiger partial charge in [0.25, 0.3) is 0 Å². The van der Waals surface area contributed by atoms with Crippen molar-refractivity contribution in [2.75, 3.05) is 5.32 Å².